The summed E-state index contributed by atoms with van der Waals surface area (Å²) in [5.41, 5.74) is 4.24. The number of ether oxygens (including phenoxy) is 3. The number of rotatable bonds is 7. The number of methoxy groups -OCH3 is 1. The average Bonchev–Trinajstić information content (AvgIpc) is 3.36. The first-order valence-electron chi connectivity index (χ1n) is 9.20. The Morgan fingerprint density at radius 1 is 1.00 bits per heavy atom. The van der Waals surface area contributed by atoms with Crippen LogP contribution >= 0.6 is 0 Å². The van der Waals surface area contributed by atoms with Gasteiger partial charge in [0.25, 0.3) is 0 Å². The van der Waals surface area contributed by atoms with Gasteiger partial charge in [-0.1, -0.05) is 60.7 Å². The lowest BCUT2D eigenvalue weighted by Crippen LogP contribution is -2.25. The van der Waals surface area contributed by atoms with Crippen LogP contribution in [0.4, 0.5) is 0 Å². The molecular formula is C22H24N2O3. The van der Waals surface area contributed by atoms with E-state index in [1.807, 2.05) is 42.7 Å². The fourth-order valence-electron chi connectivity index (χ4n) is 3.50. The summed E-state index contributed by atoms with van der Waals surface area (Å²) in [4.78, 5) is 4.70. The Hall–Kier alpha value is -2.47. The summed E-state index contributed by atoms with van der Waals surface area (Å²) in [5.74, 6) is 0. The number of hydrogen-bond acceptors (Lipinski definition) is 4. The first-order chi connectivity index (χ1) is 13.4. The zero-order valence-corrected chi connectivity index (χ0v) is 15.5. The molecular weight excluding hydrogens is 340 g/mol. The number of hydrogen-bond donors (Lipinski definition) is 0. The normalized spacial score (nSPS) is 19.4. The molecule has 2 heterocycles. The van der Waals surface area contributed by atoms with Gasteiger partial charge >= 0.3 is 0 Å². The van der Waals surface area contributed by atoms with Crippen molar-refractivity contribution in [2.24, 2.45) is 0 Å². The van der Waals surface area contributed by atoms with Crippen LogP contribution in [0.3, 0.4) is 0 Å². The quantitative estimate of drug-likeness (QED) is 0.639. The van der Waals surface area contributed by atoms with Gasteiger partial charge in [0.15, 0.2) is 0 Å². The van der Waals surface area contributed by atoms with Crippen molar-refractivity contribution in [2.75, 3.05) is 20.3 Å². The van der Waals surface area contributed by atoms with Crippen LogP contribution in [-0.4, -0.2) is 36.0 Å². The SMILES string of the molecule is CO[C@H]1COC[C@@H]1n1cnc(-c2ccccc2)c1COCc1ccccc1. The Kier molecular flexibility index (Phi) is 5.63. The lowest BCUT2D eigenvalue weighted by Gasteiger charge is -2.20. The molecule has 1 aliphatic heterocycles. The summed E-state index contributed by atoms with van der Waals surface area (Å²) in [5, 5.41) is 0. The van der Waals surface area contributed by atoms with Crippen LogP contribution < -0.4 is 0 Å². The van der Waals surface area contributed by atoms with Crippen molar-refractivity contribution in [3.63, 3.8) is 0 Å². The van der Waals surface area contributed by atoms with Gasteiger partial charge in [0.1, 0.15) is 6.10 Å². The summed E-state index contributed by atoms with van der Waals surface area (Å²) in [6, 6.07) is 20.5. The first-order valence-corrected chi connectivity index (χ1v) is 9.20. The van der Waals surface area contributed by atoms with Gasteiger partial charge in [-0.2, -0.15) is 0 Å². The molecule has 1 aromatic heterocycles. The zero-order chi connectivity index (χ0) is 18.5. The number of aromatic nitrogens is 2. The molecule has 0 radical (unpaired) electrons. The highest BCUT2D eigenvalue weighted by Gasteiger charge is 2.32. The maximum absolute atomic E-state index is 6.05. The summed E-state index contributed by atoms with van der Waals surface area (Å²) in [6.07, 6.45) is 1.91. The molecule has 5 nitrogen and oxygen atoms in total. The molecule has 2 atom stereocenters. The van der Waals surface area contributed by atoms with E-state index in [1.165, 1.54) is 0 Å². The minimum Gasteiger partial charge on any atom is -0.377 e. The van der Waals surface area contributed by atoms with Crippen LogP contribution in [0.25, 0.3) is 11.3 Å². The maximum Gasteiger partial charge on any atom is 0.103 e. The van der Waals surface area contributed by atoms with Crippen molar-refractivity contribution in [1.29, 1.82) is 0 Å². The molecule has 140 valence electrons. The third kappa shape index (κ3) is 3.95. The van der Waals surface area contributed by atoms with E-state index in [9.17, 15) is 0 Å². The van der Waals surface area contributed by atoms with E-state index < -0.39 is 0 Å². The number of imidazole rings is 1. The van der Waals surface area contributed by atoms with E-state index in [-0.39, 0.29) is 12.1 Å². The third-order valence-electron chi connectivity index (χ3n) is 4.95. The molecule has 4 rings (SSSR count). The minimum atomic E-state index is 0.0238. The third-order valence-corrected chi connectivity index (χ3v) is 4.95. The fourth-order valence-corrected chi connectivity index (χ4v) is 3.50. The largest absolute Gasteiger partial charge is 0.377 e. The van der Waals surface area contributed by atoms with E-state index in [0.29, 0.717) is 26.4 Å². The molecule has 1 aliphatic rings. The highest BCUT2D eigenvalue weighted by atomic mass is 16.5. The van der Waals surface area contributed by atoms with Crippen LogP contribution in [0.1, 0.15) is 17.3 Å². The van der Waals surface area contributed by atoms with Gasteiger partial charge in [-0.25, -0.2) is 4.98 Å². The van der Waals surface area contributed by atoms with Crippen LogP contribution in [0.5, 0.6) is 0 Å². The lowest BCUT2D eigenvalue weighted by molar-refractivity contribution is 0.0646. The highest BCUT2D eigenvalue weighted by molar-refractivity contribution is 5.61. The Morgan fingerprint density at radius 3 is 2.48 bits per heavy atom. The predicted molar refractivity (Wildman–Crippen MR) is 103 cm³/mol. The Labute approximate surface area is 159 Å². The van der Waals surface area contributed by atoms with Crippen molar-refractivity contribution in [3.8, 4) is 11.3 Å². The van der Waals surface area contributed by atoms with Crippen LogP contribution in [0.15, 0.2) is 67.0 Å². The Balaban J connectivity index is 1.60. The molecule has 0 unspecified atom stereocenters. The summed E-state index contributed by atoms with van der Waals surface area (Å²) < 4.78 is 19.5. The Morgan fingerprint density at radius 2 is 1.74 bits per heavy atom. The van der Waals surface area contributed by atoms with Gasteiger partial charge < -0.3 is 18.8 Å². The van der Waals surface area contributed by atoms with Crippen molar-refractivity contribution >= 4 is 0 Å². The molecule has 1 fully saturated rings. The highest BCUT2D eigenvalue weighted by Crippen LogP contribution is 2.30. The van der Waals surface area contributed by atoms with Gasteiger partial charge in [-0.15, -0.1) is 0 Å². The maximum atomic E-state index is 6.05. The standard InChI is InChI=1S/C22H24N2O3/c1-25-21-15-27-13-19(21)24-16-23-22(18-10-6-3-7-11-18)20(24)14-26-12-17-8-4-2-5-9-17/h2-11,16,19,21H,12-15H2,1H3/t19-,21-/m0/s1. The van der Waals surface area contributed by atoms with Gasteiger partial charge in [-0.3, -0.25) is 0 Å². The molecule has 27 heavy (non-hydrogen) atoms. The zero-order valence-electron chi connectivity index (χ0n) is 15.5. The average molecular weight is 364 g/mol. The van der Waals surface area contributed by atoms with Crippen LogP contribution in [0, 0.1) is 0 Å². The molecule has 2 aromatic carbocycles. The van der Waals surface area contributed by atoms with Gasteiger partial charge in [0.05, 0.1) is 50.2 Å². The smallest absolute Gasteiger partial charge is 0.103 e. The molecule has 3 aromatic rings. The van der Waals surface area contributed by atoms with Gasteiger partial charge in [0.2, 0.25) is 0 Å². The summed E-state index contributed by atoms with van der Waals surface area (Å²) in [6.45, 7) is 2.26. The fraction of sp³-hybridized carbons (Fsp3) is 0.318. The molecule has 0 amide bonds. The predicted octanol–water partition coefficient (Wildman–Crippen LogP) is 3.85. The lowest BCUT2D eigenvalue weighted by atomic mass is 10.1. The minimum absolute atomic E-state index is 0.0238. The molecule has 0 spiro atoms. The van der Waals surface area contributed by atoms with E-state index in [1.54, 1.807) is 7.11 Å². The molecule has 0 bridgehead atoms. The van der Waals surface area contributed by atoms with E-state index in [2.05, 4.69) is 28.8 Å². The Bertz CT molecular complexity index is 849. The topological polar surface area (TPSA) is 45.5 Å². The second kappa shape index (κ2) is 8.48. The van der Waals surface area contributed by atoms with Crippen molar-refractivity contribution < 1.29 is 14.2 Å². The first kappa shape index (κ1) is 17.9. The van der Waals surface area contributed by atoms with E-state index in [4.69, 9.17) is 19.2 Å². The van der Waals surface area contributed by atoms with Crippen molar-refractivity contribution in [2.45, 2.75) is 25.4 Å². The molecule has 5 heteroatoms. The molecule has 0 saturated carbocycles. The molecule has 1 saturated heterocycles. The van der Waals surface area contributed by atoms with Gasteiger partial charge in [0, 0.05) is 12.7 Å². The molecule has 0 aliphatic carbocycles. The van der Waals surface area contributed by atoms with E-state index in [0.717, 1.165) is 22.5 Å². The van der Waals surface area contributed by atoms with Gasteiger partial charge in [-0.05, 0) is 5.56 Å². The second-order valence-corrected chi connectivity index (χ2v) is 6.67. The van der Waals surface area contributed by atoms with Crippen molar-refractivity contribution in [3.05, 3.63) is 78.2 Å². The molecule has 0 N–H and O–H groups in total. The number of nitrogens with zero attached hydrogens (tertiary/aromatic N) is 2. The summed E-state index contributed by atoms with van der Waals surface area (Å²) in [7, 11) is 1.73. The van der Waals surface area contributed by atoms with E-state index >= 15 is 0 Å². The van der Waals surface area contributed by atoms with Crippen LogP contribution in [0.2, 0.25) is 0 Å². The second-order valence-electron chi connectivity index (χ2n) is 6.67. The van der Waals surface area contributed by atoms with Crippen molar-refractivity contribution in [1.82, 2.24) is 9.55 Å². The summed E-state index contributed by atoms with van der Waals surface area (Å²) >= 11 is 0. The monoisotopic (exact) mass is 364 g/mol. The number of benzene rings is 2. The van der Waals surface area contributed by atoms with Crippen LogP contribution in [-0.2, 0) is 27.4 Å².